The summed E-state index contributed by atoms with van der Waals surface area (Å²) >= 11 is 6.38. The topological polar surface area (TPSA) is 38.0 Å². The smallest absolute Gasteiger partial charge is 0.145 e. The molecule has 1 saturated carbocycles. The lowest BCUT2D eigenvalue weighted by atomic mass is 10.1. The van der Waals surface area contributed by atoms with Crippen LogP contribution in [0.3, 0.4) is 0 Å². The number of halogens is 1. The second kappa shape index (κ2) is 4.50. The lowest BCUT2D eigenvalue weighted by Crippen LogP contribution is -1.98. The van der Waals surface area contributed by atoms with Crippen molar-refractivity contribution in [2.45, 2.75) is 25.8 Å². The minimum Gasteiger partial charge on any atom is -0.507 e. The fourth-order valence-corrected chi connectivity index (χ4v) is 3.08. The number of aromatic hydroxyl groups is 1. The maximum Gasteiger partial charge on any atom is 0.145 e. The number of aromatic nitrogens is 2. The molecule has 1 aliphatic rings. The van der Waals surface area contributed by atoms with E-state index in [0.29, 0.717) is 11.1 Å². The molecule has 2 aromatic carbocycles. The number of phenolic OH excluding ortho intramolecular Hbond substituents is 1. The van der Waals surface area contributed by atoms with Crippen LogP contribution in [0.5, 0.6) is 5.75 Å². The highest BCUT2D eigenvalue weighted by Crippen LogP contribution is 2.44. The normalized spacial score (nSPS) is 14.8. The zero-order valence-electron chi connectivity index (χ0n) is 11.7. The number of hydrogen-bond acceptors (Lipinski definition) is 2. The molecular formula is C17H15ClN2O. The molecule has 3 nitrogen and oxygen atoms in total. The molecule has 0 bridgehead atoms. The Hall–Kier alpha value is -2.00. The highest BCUT2D eigenvalue weighted by atomic mass is 35.5. The summed E-state index contributed by atoms with van der Waals surface area (Å²) in [7, 11) is 0. The third-order valence-electron chi connectivity index (χ3n) is 3.97. The first-order chi connectivity index (χ1) is 10.1. The van der Waals surface area contributed by atoms with Gasteiger partial charge in [0.2, 0.25) is 0 Å². The Kier molecular flexibility index (Phi) is 2.73. The van der Waals surface area contributed by atoms with Gasteiger partial charge >= 0.3 is 0 Å². The van der Waals surface area contributed by atoms with Crippen molar-refractivity contribution in [3.05, 3.63) is 47.0 Å². The molecule has 0 aliphatic heterocycles. The molecule has 0 radical (unpaired) electrons. The van der Waals surface area contributed by atoms with Gasteiger partial charge in [-0.3, -0.25) is 0 Å². The zero-order valence-corrected chi connectivity index (χ0v) is 12.4. The van der Waals surface area contributed by atoms with Crippen molar-refractivity contribution in [2.75, 3.05) is 0 Å². The van der Waals surface area contributed by atoms with E-state index in [1.54, 1.807) is 6.07 Å². The second-order valence-corrected chi connectivity index (χ2v) is 6.07. The first-order valence-corrected chi connectivity index (χ1v) is 7.49. The first-order valence-electron chi connectivity index (χ1n) is 7.11. The Balaban J connectivity index is 2.04. The van der Waals surface area contributed by atoms with Crippen molar-refractivity contribution in [1.82, 2.24) is 9.55 Å². The number of imidazole rings is 1. The summed E-state index contributed by atoms with van der Waals surface area (Å²) in [5, 5.41) is 11.0. The molecule has 1 fully saturated rings. The van der Waals surface area contributed by atoms with Gasteiger partial charge in [0.05, 0.1) is 21.6 Å². The van der Waals surface area contributed by atoms with Gasteiger partial charge in [0.25, 0.3) is 0 Å². The SMILES string of the molecule is Cc1ccc(-c2nc3cccc(Cl)c3n2C2CC2)c(O)c1. The summed E-state index contributed by atoms with van der Waals surface area (Å²) in [5.41, 5.74) is 3.64. The van der Waals surface area contributed by atoms with Gasteiger partial charge in [-0.15, -0.1) is 0 Å². The van der Waals surface area contributed by atoms with Crippen LogP contribution in [0.4, 0.5) is 0 Å². The fourth-order valence-electron chi connectivity index (χ4n) is 2.82. The van der Waals surface area contributed by atoms with Crippen LogP contribution < -0.4 is 0 Å². The van der Waals surface area contributed by atoms with Crippen molar-refractivity contribution in [1.29, 1.82) is 0 Å². The van der Waals surface area contributed by atoms with Crippen molar-refractivity contribution in [3.8, 4) is 17.1 Å². The number of aryl methyl sites for hydroxylation is 1. The summed E-state index contributed by atoms with van der Waals surface area (Å²) < 4.78 is 2.18. The van der Waals surface area contributed by atoms with Gasteiger partial charge in [-0.25, -0.2) is 4.98 Å². The molecule has 0 unspecified atom stereocenters. The molecule has 0 saturated heterocycles. The quantitative estimate of drug-likeness (QED) is 0.744. The average Bonchev–Trinajstić information content (AvgIpc) is 3.20. The van der Waals surface area contributed by atoms with Crippen LogP contribution in [-0.4, -0.2) is 14.7 Å². The zero-order chi connectivity index (χ0) is 14.6. The number of para-hydroxylation sites is 1. The molecule has 3 aromatic rings. The number of phenols is 1. The van der Waals surface area contributed by atoms with E-state index in [0.717, 1.165) is 40.8 Å². The van der Waals surface area contributed by atoms with Gasteiger partial charge < -0.3 is 9.67 Å². The predicted octanol–water partition coefficient (Wildman–Crippen LogP) is 4.71. The summed E-state index contributed by atoms with van der Waals surface area (Å²) in [5.74, 6) is 1.07. The maximum atomic E-state index is 10.3. The van der Waals surface area contributed by atoms with Crippen LogP contribution in [0.1, 0.15) is 24.4 Å². The van der Waals surface area contributed by atoms with Crippen LogP contribution in [0.25, 0.3) is 22.4 Å². The summed E-state index contributed by atoms with van der Waals surface area (Å²) in [6.45, 7) is 1.96. The third-order valence-corrected chi connectivity index (χ3v) is 4.27. The van der Waals surface area contributed by atoms with Crippen LogP contribution in [0.15, 0.2) is 36.4 Å². The Morgan fingerprint density at radius 3 is 2.76 bits per heavy atom. The van der Waals surface area contributed by atoms with Gasteiger partial charge in [-0.1, -0.05) is 23.7 Å². The van der Waals surface area contributed by atoms with E-state index < -0.39 is 0 Å². The molecule has 0 atom stereocenters. The highest BCUT2D eigenvalue weighted by Gasteiger charge is 2.30. The molecule has 21 heavy (non-hydrogen) atoms. The van der Waals surface area contributed by atoms with Gasteiger partial charge in [-0.05, 0) is 49.6 Å². The van der Waals surface area contributed by atoms with Crippen molar-refractivity contribution in [2.24, 2.45) is 0 Å². The predicted molar refractivity (Wildman–Crippen MR) is 84.9 cm³/mol. The number of fused-ring (bicyclic) bond motifs is 1. The lowest BCUT2D eigenvalue weighted by Gasteiger charge is -2.10. The monoisotopic (exact) mass is 298 g/mol. The average molecular weight is 299 g/mol. The summed E-state index contributed by atoms with van der Waals surface area (Å²) in [6, 6.07) is 11.9. The van der Waals surface area contributed by atoms with E-state index in [2.05, 4.69) is 4.57 Å². The number of hydrogen-bond donors (Lipinski definition) is 1. The third kappa shape index (κ3) is 2.00. The highest BCUT2D eigenvalue weighted by molar-refractivity contribution is 6.35. The molecular weight excluding hydrogens is 284 g/mol. The Morgan fingerprint density at radius 2 is 2.05 bits per heavy atom. The lowest BCUT2D eigenvalue weighted by molar-refractivity contribution is 0.476. The Morgan fingerprint density at radius 1 is 1.24 bits per heavy atom. The van der Waals surface area contributed by atoms with Crippen molar-refractivity contribution in [3.63, 3.8) is 0 Å². The summed E-state index contributed by atoms with van der Waals surface area (Å²) in [4.78, 5) is 4.71. The molecule has 0 amide bonds. The van der Waals surface area contributed by atoms with E-state index in [1.165, 1.54) is 0 Å². The van der Waals surface area contributed by atoms with E-state index >= 15 is 0 Å². The van der Waals surface area contributed by atoms with Crippen molar-refractivity contribution < 1.29 is 5.11 Å². The maximum absolute atomic E-state index is 10.3. The first kappa shape index (κ1) is 12.7. The number of nitrogens with zero attached hydrogens (tertiary/aromatic N) is 2. The van der Waals surface area contributed by atoms with Gasteiger partial charge in [0.15, 0.2) is 0 Å². The molecule has 4 rings (SSSR count). The molecule has 4 heteroatoms. The van der Waals surface area contributed by atoms with Crippen LogP contribution in [0, 0.1) is 6.92 Å². The number of benzene rings is 2. The molecule has 106 valence electrons. The minimum absolute atomic E-state index is 0.267. The van der Waals surface area contributed by atoms with Crippen LogP contribution in [0.2, 0.25) is 5.02 Å². The van der Waals surface area contributed by atoms with E-state index in [9.17, 15) is 5.11 Å². The second-order valence-electron chi connectivity index (χ2n) is 5.66. The minimum atomic E-state index is 0.267. The van der Waals surface area contributed by atoms with E-state index in [-0.39, 0.29) is 5.75 Å². The Labute approximate surface area is 127 Å². The van der Waals surface area contributed by atoms with Crippen LogP contribution >= 0.6 is 11.6 Å². The largest absolute Gasteiger partial charge is 0.507 e. The van der Waals surface area contributed by atoms with Gasteiger partial charge in [-0.2, -0.15) is 0 Å². The molecule has 1 aliphatic carbocycles. The standard InChI is InChI=1S/C17H15ClN2O/c1-10-5-8-12(15(21)9-10)17-19-14-4-2-3-13(18)16(14)20(17)11-6-7-11/h2-5,8-9,11,21H,6-7H2,1H3. The molecule has 1 aromatic heterocycles. The van der Waals surface area contributed by atoms with Crippen molar-refractivity contribution >= 4 is 22.6 Å². The van der Waals surface area contributed by atoms with Gasteiger partial charge in [0.1, 0.15) is 11.6 Å². The molecule has 1 N–H and O–H groups in total. The molecule has 0 spiro atoms. The van der Waals surface area contributed by atoms with Gasteiger partial charge in [0, 0.05) is 6.04 Å². The number of rotatable bonds is 2. The summed E-state index contributed by atoms with van der Waals surface area (Å²) in [6.07, 6.45) is 2.27. The van der Waals surface area contributed by atoms with E-state index in [4.69, 9.17) is 16.6 Å². The molecule has 1 heterocycles. The van der Waals surface area contributed by atoms with Crippen LogP contribution in [-0.2, 0) is 0 Å². The van der Waals surface area contributed by atoms with E-state index in [1.807, 2.05) is 37.3 Å². The Bertz CT molecular complexity index is 849. The fraction of sp³-hybridized carbons (Fsp3) is 0.235.